The van der Waals surface area contributed by atoms with Crippen molar-refractivity contribution in [3.63, 3.8) is 0 Å². The van der Waals surface area contributed by atoms with E-state index in [1.807, 2.05) is 6.92 Å². The summed E-state index contributed by atoms with van der Waals surface area (Å²) in [6, 6.07) is 3.75. The number of nitrogens with one attached hydrogen (secondary N) is 2. The monoisotopic (exact) mass is 420 g/mol. The molecule has 24 heavy (non-hydrogen) atoms. The first-order chi connectivity index (χ1) is 11.2. The highest BCUT2D eigenvalue weighted by atomic mass is 79.9. The van der Waals surface area contributed by atoms with Gasteiger partial charge < -0.3 is 10.1 Å². The number of carbonyl (C=O) groups is 2. The van der Waals surface area contributed by atoms with Crippen LogP contribution in [0.5, 0.6) is 0 Å². The molecule has 0 radical (unpaired) electrons. The van der Waals surface area contributed by atoms with E-state index in [2.05, 4.69) is 26.0 Å². The van der Waals surface area contributed by atoms with Crippen LogP contribution in [0, 0.1) is 0 Å². The molecule has 134 valence electrons. The van der Waals surface area contributed by atoms with Gasteiger partial charge >= 0.3 is 5.97 Å². The highest BCUT2D eigenvalue weighted by molar-refractivity contribution is 9.10. The number of benzene rings is 1. The van der Waals surface area contributed by atoms with E-state index in [0.717, 1.165) is 6.42 Å². The maximum atomic E-state index is 12.2. The van der Waals surface area contributed by atoms with Crippen molar-refractivity contribution < 1.29 is 22.7 Å². The van der Waals surface area contributed by atoms with E-state index in [9.17, 15) is 18.0 Å². The second kappa shape index (κ2) is 9.14. The molecule has 0 spiro atoms. The van der Waals surface area contributed by atoms with Crippen LogP contribution in [0.2, 0.25) is 0 Å². The van der Waals surface area contributed by atoms with Gasteiger partial charge in [-0.15, -0.1) is 0 Å². The van der Waals surface area contributed by atoms with Crippen molar-refractivity contribution in [3.8, 4) is 0 Å². The summed E-state index contributed by atoms with van der Waals surface area (Å²) in [4.78, 5) is 23.5. The van der Waals surface area contributed by atoms with Crippen molar-refractivity contribution in [3.05, 3.63) is 28.2 Å². The average Bonchev–Trinajstić information content (AvgIpc) is 2.49. The minimum Gasteiger partial charge on any atom is -0.452 e. The molecule has 7 nitrogen and oxygen atoms in total. The highest BCUT2D eigenvalue weighted by Gasteiger charge is 2.20. The Labute approximate surface area is 150 Å². The van der Waals surface area contributed by atoms with Crippen molar-refractivity contribution in [1.29, 1.82) is 0 Å². The van der Waals surface area contributed by atoms with E-state index in [4.69, 9.17) is 4.74 Å². The van der Waals surface area contributed by atoms with Crippen molar-refractivity contribution in [1.82, 2.24) is 10.0 Å². The zero-order valence-corrected chi connectivity index (χ0v) is 16.2. The van der Waals surface area contributed by atoms with E-state index in [1.54, 1.807) is 13.8 Å². The topological polar surface area (TPSA) is 102 Å². The van der Waals surface area contributed by atoms with Crippen LogP contribution in [0.1, 0.15) is 37.6 Å². The van der Waals surface area contributed by atoms with E-state index < -0.39 is 28.5 Å². The number of rotatable bonds is 8. The third kappa shape index (κ3) is 6.21. The van der Waals surface area contributed by atoms with Gasteiger partial charge in [-0.1, -0.05) is 6.92 Å². The number of hydrogen-bond donors (Lipinski definition) is 2. The lowest BCUT2D eigenvalue weighted by molar-refractivity contribution is -0.124. The molecule has 0 aliphatic carbocycles. The molecule has 0 fully saturated rings. The molecule has 0 saturated carbocycles. The Morgan fingerprint density at radius 2 is 1.96 bits per heavy atom. The Hall–Kier alpha value is -1.45. The van der Waals surface area contributed by atoms with Crippen molar-refractivity contribution in [2.24, 2.45) is 0 Å². The SMILES string of the molecule is CCCNC(=O)COC(=O)c1cc(S(=O)(=O)NC(C)C)ccc1Br. The first-order valence-corrected chi connectivity index (χ1v) is 9.70. The molecule has 0 saturated heterocycles. The summed E-state index contributed by atoms with van der Waals surface area (Å²) in [5.41, 5.74) is 0.0323. The number of ether oxygens (including phenoxy) is 1. The van der Waals surface area contributed by atoms with Crippen molar-refractivity contribution >= 4 is 37.8 Å². The standard InChI is InChI=1S/C15H21BrN2O5S/c1-4-7-17-14(19)9-23-15(20)12-8-11(5-6-13(12)16)24(21,22)18-10(2)3/h5-6,8,10,18H,4,7,9H2,1-3H3,(H,17,19). The van der Waals surface area contributed by atoms with Crippen LogP contribution in [0.15, 0.2) is 27.6 Å². The van der Waals surface area contributed by atoms with E-state index in [1.165, 1.54) is 18.2 Å². The van der Waals surface area contributed by atoms with Crippen LogP contribution < -0.4 is 10.0 Å². The summed E-state index contributed by atoms with van der Waals surface area (Å²) < 4.78 is 32.1. The predicted molar refractivity (Wildman–Crippen MR) is 93.2 cm³/mol. The van der Waals surface area contributed by atoms with Gasteiger partial charge in [0.15, 0.2) is 6.61 Å². The second-order valence-corrected chi connectivity index (χ2v) is 7.91. The average molecular weight is 421 g/mol. The minimum absolute atomic E-state index is 0.0323. The minimum atomic E-state index is -3.73. The molecule has 0 atom stereocenters. The molecule has 0 aromatic heterocycles. The van der Waals surface area contributed by atoms with Gasteiger partial charge in [0.25, 0.3) is 5.91 Å². The normalized spacial score (nSPS) is 11.4. The fourth-order valence-corrected chi connectivity index (χ4v) is 3.42. The summed E-state index contributed by atoms with van der Waals surface area (Å²) in [5.74, 6) is -1.19. The zero-order chi connectivity index (χ0) is 18.3. The Morgan fingerprint density at radius 3 is 2.54 bits per heavy atom. The molecule has 0 aliphatic heterocycles. The highest BCUT2D eigenvalue weighted by Crippen LogP contribution is 2.22. The molecular weight excluding hydrogens is 400 g/mol. The van der Waals surface area contributed by atoms with E-state index in [-0.39, 0.29) is 16.5 Å². The number of sulfonamides is 1. The first-order valence-electron chi connectivity index (χ1n) is 7.43. The van der Waals surface area contributed by atoms with Crippen LogP contribution in [-0.4, -0.2) is 39.5 Å². The van der Waals surface area contributed by atoms with Gasteiger partial charge in [-0.2, -0.15) is 0 Å². The smallest absolute Gasteiger partial charge is 0.339 e. The molecule has 0 aliphatic rings. The summed E-state index contributed by atoms with van der Waals surface area (Å²) in [5, 5.41) is 2.58. The second-order valence-electron chi connectivity index (χ2n) is 5.34. The maximum absolute atomic E-state index is 12.2. The van der Waals surface area contributed by atoms with Gasteiger partial charge in [-0.3, -0.25) is 4.79 Å². The Kier molecular flexibility index (Phi) is 7.85. The largest absolute Gasteiger partial charge is 0.452 e. The molecule has 0 bridgehead atoms. The van der Waals surface area contributed by atoms with Crippen LogP contribution in [0.25, 0.3) is 0 Å². The molecular formula is C15H21BrN2O5S. The quantitative estimate of drug-likeness (QED) is 0.624. The summed E-state index contributed by atoms with van der Waals surface area (Å²) in [6.07, 6.45) is 0.772. The van der Waals surface area contributed by atoms with Gasteiger partial charge in [0.05, 0.1) is 10.5 Å². The first kappa shape index (κ1) is 20.6. The summed E-state index contributed by atoms with van der Waals surface area (Å²) in [6.45, 7) is 5.36. The number of esters is 1. The van der Waals surface area contributed by atoms with Gasteiger partial charge in [-0.25, -0.2) is 17.9 Å². The van der Waals surface area contributed by atoms with Crippen molar-refractivity contribution in [2.75, 3.05) is 13.2 Å². The predicted octanol–water partition coefficient (Wildman–Crippen LogP) is 1.82. The molecule has 1 rings (SSSR count). The molecule has 0 unspecified atom stereocenters. The molecule has 0 heterocycles. The lowest BCUT2D eigenvalue weighted by atomic mass is 10.2. The van der Waals surface area contributed by atoms with Gasteiger partial charge in [0.2, 0.25) is 10.0 Å². The van der Waals surface area contributed by atoms with Crippen LogP contribution >= 0.6 is 15.9 Å². The van der Waals surface area contributed by atoms with E-state index in [0.29, 0.717) is 11.0 Å². The number of amides is 1. The zero-order valence-electron chi connectivity index (χ0n) is 13.8. The third-order valence-corrected chi connectivity index (χ3v) is 5.11. The van der Waals surface area contributed by atoms with Crippen LogP contribution in [-0.2, 0) is 19.6 Å². The maximum Gasteiger partial charge on any atom is 0.339 e. The third-order valence-electron chi connectivity index (χ3n) is 2.77. The lowest BCUT2D eigenvalue weighted by Gasteiger charge is -2.12. The molecule has 2 N–H and O–H groups in total. The van der Waals surface area contributed by atoms with Gasteiger partial charge in [0.1, 0.15) is 0 Å². The van der Waals surface area contributed by atoms with Crippen LogP contribution in [0.4, 0.5) is 0 Å². The van der Waals surface area contributed by atoms with Crippen molar-refractivity contribution in [2.45, 2.75) is 38.1 Å². The summed E-state index contributed by atoms with van der Waals surface area (Å²) in [7, 11) is -3.73. The lowest BCUT2D eigenvalue weighted by Crippen LogP contribution is -2.30. The fraction of sp³-hybridized carbons (Fsp3) is 0.467. The van der Waals surface area contributed by atoms with Crippen LogP contribution in [0.3, 0.4) is 0 Å². The Balaban J connectivity index is 2.90. The number of carbonyl (C=O) groups excluding carboxylic acids is 2. The summed E-state index contributed by atoms with van der Waals surface area (Å²) >= 11 is 3.18. The number of halogens is 1. The van der Waals surface area contributed by atoms with Gasteiger partial charge in [0, 0.05) is 17.1 Å². The fourth-order valence-electron chi connectivity index (χ4n) is 1.73. The Morgan fingerprint density at radius 1 is 1.29 bits per heavy atom. The molecule has 1 aromatic rings. The molecule has 9 heteroatoms. The molecule has 1 aromatic carbocycles. The number of hydrogen-bond acceptors (Lipinski definition) is 5. The molecule has 1 amide bonds. The Bertz CT molecular complexity index is 704. The van der Waals surface area contributed by atoms with Gasteiger partial charge in [-0.05, 0) is 54.4 Å². The van der Waals surface area contributed by atoms with E-state index >= 15 is 0 Å².